The largest absolute Gasteiger partial charge is 0.462 e. The molecule has 0 saturated carbocycles. The lowest BCUT2D eigenvalue weighted by atomic mass is 10.0. The molecule has 0 spiro atoms. The highest BCUT2D eigenvalue weighted by Crippen LogP contribution is 2.14. The van der Waals surface area contributed by atoms with Gasteiger partial charge in [0.1, 0.15) is 13.2 Å². The fourth-order valence-corrected chi connectivity index (χ4v) is 6.90. The van der Waals surface area contributed by atoms with Crippen molar-refractivity contribution in [3.05, 3.63) is 97.2 Å². The number of ether oxygens (including phenoxy) is 3. The third-order valence-electron chi connectivity index (χ3n) is 10.8. The van der Waals surface area contributed by atoms with Gasteiger partial charge in [-0.05, 0) is 96.3 Å². The summed E-state index contributed by atoms with van der Waals surface area (Å²) in [6.45, 7) is 6.42. The van der Waals surface area contributed by atoms with Gasteiger partial charge in [-0.25, -0.2) is 0 Å². The van der Waals surface area contributed by atoms with E-state index in [1.54, 1.807) is 0 Å². The minimum Gasteiger partial charge on any atom is -0.462 e. The van der Waals surface area contributed by atoms with E-state index in [1.807, 2.05) is 0 Å². The van der Waals surface area contributed by atoms with E-state index in [4.69, 9.17) is 14.2 Å². The molecule has 0 amide bonds. The average molecular weight is 889 g/mol. The third-order valence-corrected chi connectivity index (χ3v) is 10.8. The first-order chi connectivity index (χ1) is 31.5. The predicted molar refractivity (Wildman–Crippen MR) is 274 cm³/mol. The Morgan fingerprint density at radius 2 is 0.625 bits per heavy atom. The molecule has 64 heavy (non-hydrogen) atoms. The molecule has 0 fully saturated rings. The molecule has 0 aliphatic carbocycles. The van der Waals surface area contributed by atoms with Gasteiger partial charge in [0.15, 0.2) is 6.10 Å². The molecule has 0 aromatic carbocycles. The molecule has 0 rings (SSSR count). The zero-order chi connectivity index (χ0) is 46.5. The molecule has 0 aliphatic heterocycles. The molecule has 1 atom stereocenters. The van der Waals surface area contributed by atoms with Gasteiger partial charge in [-0.3, -0.25) is 14.4 Å². The quantitative estimate of drug-likeness (QED) is 0.0262. The zero-order valence-electron chi connectivity index (χ0n) is 41.5. The Labute approximate surface area is 394 Å². The molecule has 0 heterocycles. The number of rotatable bonds is 46. The Bertz CT molecular complexity index is 1300. The van der Waals surface area contributed by atoms with Crippen LogP contribution in [0.2, 0.25) is 0 Å². The van der Waals surface area contributed by atoms with E-state index >= 15 is 0 Å². The average Bonchev–Trinajstić information content (AvgIpc) is 3.29. The van der Waals surface area contributed by atoms with Crippen molar-refractivity contribution >= 4 is 17.9 Å². The van der Waals surface area contributed by atoms with Crippen LogP contribution in [-0.2, 0) is 28.6 Å². The van der Waals surface area contributed by atoms with Gasteiger partial charge in [0, 0.05) is 19.3 Å². The lowest BCUT2D eigenvalue weighted by Gasteiger charge is -2.18. The van der Waals surface area contributed by atoms with Gasteiger partial charge < -0.3 is 14.2 Å². The van der Waals surface area contributed by atoms with Crippen LogP contribution in [0.25, 0.3) is 0 Å². The minimum absolute atomic E-state index is 0.104. The molecule has 6 heteroatoms. The van der Waals surface area contributed by atoms with Crippen LogP contribution in [0.3, 0.4) is 0 Å². The van der Waals surface area contributed by atoms with Crippen LogP contribution in [0.1, 0.15) is 233 Å². The summed E-state index contributed by atoms with van der Waals surface area (Å²) in [4.78, 5) is 38.0. The summed E-state index contributed by atoms with van der Waals surface area (Å²) in [7, 11) is 0. The lowest BCUT2D eigenvalue weighted by Crippen LogP contribution is -2.30. The summed E-state index contributed by atoms with van der Waals surface area (Å²) in [5, 5.41) is 0. The molecule has 0 radical (unpaired) electrons. The smallest absolute Gasteiger partial charge is 0.306 e. The van der Waals surface area contributed by atoms with Gasteiger partial charge in [-0.2, -0.15) is 0 Å². The summed E-state index contributed by atoms with van der Waals surface area (Å²) in [5.74, 6) is -0.989. The standard InChI is InChI=1S/C58H96O6/c1-4-7-10-13-16-19-22-25-27-29-31-33-36-39-42-45-48-51-57(60)63-54-55(53-62-56(59)50-47-44-41-38-35-24-21-18-15-12-9-6-3)64-58(61)52-49-46-43-40-37-34-32-30-28-26-23-20-17-14-11-8-5-2/h8,11,16-17,19-20,25-28,31-34,39,42,55H,4-7,9-10,12-15,18,21-24,29-30,35-38,40-41,43-54H2,1-3H3/b11-8-,19-16-,20-17-,27-25-,28-26-,33-31-,34-32-,42-39-/t55-/m0/s1. The van der Waals surface area contributed by atoms with Crippen molar-refractivity contribution in [1.29, 1.82) is 0 Å². The Hall–Kier alpha value is -3.67. The first-order valence-electron chi connectivity index (χ1n) is 26.2. The SMILES string of the molecule is CC/C=C\C/C=C\C/C=C\C/C=C\CCCCCCC(=O)O[C@H](COC(=O)CCC/C=C\C/C=C\C/C=C\C/C=C\CCCCC)COC(=O)CCCCCCCCCCCCCC. The molecule has 364 valence electrons. The monoisotopic (exact) mass is 889 g/mol. The second-order valence-electron chi connectivity index (χ2n) is 17.1. The van der Waals surface area contributed by atoms with Crippen LogP contribution in [0.15, 0.2) is 97.2 Å². The molecule has 0 saturated heterocycles. The van der Waals surface area contributed by atoms with Crippen molar-refractivity contribution in [1.82, 2.24) is 0 Å². The van der Waals surface area contributed by atoms with Gasteiger partial charge in [0.25, 0.3) is 0 Å². The Morgan fingerprint density at radius 1 is 0.328 bits per heavy atom. The molecule has 0 bridgehead atoms. The molecule has 0 N–H and O–H groups in total. The van der Waals surface area contributed by atoms with Crippen molar-refractivity contribution in [3.63, 3.8) is 0 Å². The maximum absolute atomic E-state index is 12.8. The fourth-order valence-electron chi connectivity index (χ4n) is 6.90. The minimum atomic E-state index is -0.811. The summed E-state index contributed by atoms with van der Waals surface area (Å²) < 4.78 is 16.7. The van der Waals surface area contributed by atoms with Gasteiger partial charge in [0.2, 0.25) is 0 Å². The third kappa shape index (κ3) is 49.3. The summed E-state index contributed by atoms with van der Waals surface area (Å²) in [6, 6.07) is 0. The van der Waals surface area contributed by atoms with Gasteiger partial charge in [0.05, 0.1) is 0 Å². The molecule has 0 unspecified atom stereocenters. The normalized spacial score (nSPS) is 12.9. The van der Waals surface area contributed by atoms with Crippen molar-refractivity contribution in [2.24, 2.45) is 0 Å². The fraction of sp³-hybridized carbons (Fsp3) is 0.672. The molecule has 6 nitrogen and oxygen atoms in total. The van der Waals surface area contributed by atoms with Crippen LogP contribution in [0, 0.1) is 0 Å². The number of allylic oxidation sites excluding steroid dienone is 16. The van der Waals surface area contributed by atoms with Gasteiger partial charge >= 0.3 is 17.9 Å². The second kappa shape index (κ2) is 52.0. The lowest BCUT2D eigenvalue weighted by molar-refractivity contribution is -0.167. The highest BCUT2D eigenvalue weighted by molar-refractivity contribution is 5.71. The van der Waals surface area contributed by atoms with Crippen molar-refractivity contribution in [3.8, 4) is 0 Å². The molecule has 0 aromatic rings. The van der Waals surface area contributed by atoms with Gasteiger partial charge in [-0.1, -0.05) is 214 Å². The van der Waals surface area contributed by atoms with E-state index in [-0.39, 0.29) is 44.0 Å². The highest BCUT2D eigenvalue weighted by atomic mass is 16.6. The van der Waals surface area contributed by atoms with Crippen LogP contribution in [0.5, 0.6) is 0 Å². The van der Waals surface area contributed by atoms with Crippen LogP contribution < -0.4 is 0 Å². The molecular weight excluding hydrogens is 793 g/mol. The first-order valence-corrected chi connectivity index (χ1v) is 26.2. The number of carbonyl (C=O) groups excluding carboxylic acids is 3. The van der Waals surface area contributed by atoms with Gasteiger partial charge in [-0.15, -0.1) is 0 Å². The topological polar surface area (TPSA) is 78.9 Å². The van der Waals surface area contributed by atoms with Crippen molar-refractivity contribution in [2.45, 2.75) is 239 Å². The van der Waals surface area contributed by atoms with E-state index in [0.717, 1.165) is 103 Å². The molecular formula is C58H96O6. The van der Waals surface area contributed by atoms with E-state index in [0.29, 0.717) is 12.8 Å². The van der Waals surface area contributed by atoms with Crippen LogP contribution in [-0.4, -0.2) is 37.2 Å². The van der Waals surface area contributed by atoms with Crippen LogP contribution >= 0.6 is 0 Å². The maximum Gasteiger partial charge on any atom is 0.306 e. The Balaban J connectivity index is 4.52. The summed E-state index contributed by atoms with van der Waals surface area (Å²) in [5.41, 5.74) is 0. The Kier molecular flexibility index (Phi) is 49.0. The molecule has 0 aromatic heterocycles. The second-order valence-corrected chi connectivity index (χ2v) is 17.1. The number of esters is 3. The van der Waals surface area contributed by atoms with Crippen LogP contribution in [0.4, 0.5) is 0 Å². The number of hydrogen-bond acceptors (Lipinski definition) is 6. The maximum atomic E-state index is 12.8. The van der Waals surface area contributed by atoms with Crippen molar-refractivity contribution in [2.75, 3.05) is 13.2 Å². The summed E-state index contributed by atoms with van der Waals surface area (Å²) in [6.07, 6.45) is 68.2. The van der Waals surface area contributed by atoms with E-state index in [2.05, 4.69) is 118 Å². The number of hydrogen-bond donors (Lipinski definition) is 0. The summed E-state index contributed by atoms with van der Waals surface area (Å²) >= 11 is 0. The van der Waals surface area contributed by atoms with E-state index < -0.39 is 6.10 Å². The number of carbonyl (C=O) groups is 3. The van der Waals surface area contributed by atoms with E-state index in [1.165, 1.54) is 83.5 Å². The zero-order valence-corrected chi connectivity index (χ0v) is 41.5. The molecule has 0 aliphatic rings. The van der Waals surface area contributed by atoms with E-state index in [9.17, 15) is 14.4 Å². The Morgan fingerprint density at radius 3 is 1.05 bits per heavy atom. The first kappa shape index (κ1) is 60.3. The predicted octanol–water partition coefficient (Wildman–Crippen LogP) is 17.4. The van der Waals surface area contributed by atoms with Crippen molar-refractivity contribution < 1.29 is 28.6 Å². The number of unbranched alkanes of at least 4 members (excludes halogenated alkanes) is 19. The highest BCUT2D eigenvalue weighted by Gasteiger charge is 2.19.